The van der Waals surface area contributed by atoms with Gasteiger partial charge in [0.2, 0.25) is 0 Å². The minimum atomic E-state index is -0.830. The molecule has 0 saturated heterocycles. The molecule has 1 amide bonds. The Morgan fingerprint density at radius 3 is 2.81 bits per heavy atom. The van der Waals surface area contributed by atoms with Crippen molar-refractivity contribution in [1.82, 2.24) is 4.98 Å². The molecular formula is C13H11FN4O3. The zero-order chi connectivity index (χ0) is 15.6. The van der Waals surface area contributed by atoms with E-state index in [1.807, 2.05) is 0 Å². The first-order valence-corrected chi connectivity index (χ1v) is 5.86. The Kier molecular flexibility index (Phi) is 3.79. The van der Waals surface area contributed by atoms with E-state index in [1.165, 1.54) is 12.1 Å². The quantitative estimate of drug-likeness (QED) is 0.665. The number of carbonyl (C=O) groups excluding carboxylic acids is 1. The van der Waals surface area contributed by atoms with Crippen LogP contribution in [0.15, 0.2) is 30.5 Å². The van der Waals surface area contributed by atoms with Crippen molar-refractivity contribution in [2.75, 3.05) is 11.1 Å². The highest BCUT2D eigenvalue weighted by molar-refractivity contribution is 6.07. The summed E-state index contributed by atoms with van der Waals surface area (Å²) >= 11 is 0. The van der Waals surface area contributed by atoms with Gasteiger partial charge in [-0.2, -0.15) is 0 Å². The number of nitrogens with one attached hydrogen (secondary N) is 1. The van der Waals surface area contributed by atoms with Crippen molar-refractivity contribution in [2.45, 2.75) is 6.92 Å². The Balaban J connectivity index is 2.41. The van der Waals surface area contributed by atoms with Gasteiger partial charge >= 0.3 is 0 Å². The Hall–Kier alpha value is -3.03. The molecule has 21 heavy (non-hydrogen) atoms. The third-order valence-electron chi connectivity index (χ3n) is 2.81. The third kappa shape index (κ3) is 2.94. The van der Waals surface area contributed by atoms with Crippen LogP contribution in [0.3, 0.4) is 0 Å². The molecule has 0 saturated carbocycles. The van der Waals surface area contributed by atoms with Crippen molar-refractivity contribution in [1.29, 1.82) is 0 Å². The number of nitrogens with zero attached hydrogens (tertiary/aromatic N) is 2. The normalized spacial score (nSPS) is 10.2. The molecule has 1 heterocycles. The minimum absolute atomic E-state index is 0.0350. The number of amides is 1. The number of nitrogen functional groups attached to an aromatic ring is 1. The lowest BCUT2D eigenvalue weighted by Crippen LogP contribution is -2.16. The maximum atomic E-state index is 13.7. The molecular weight excluding hydrogens is 279 g/mol. The number of anilines is 2. The lowest BCUT2D eigenvalue weighted by atomic mass is 10.1. The van der Waals surface area contributed by atoms with E-state index in [1.54, 1.807) is 13.0 Å². The van der Waals surface area contributed by atoms with Crippen molar-refractivity contribution < 1.29 is 14.1 Å². The van der Waals surface area contributed by atoms with Crippen LogP contribution >= 0.6 is 0 Å². The van der Waals surface area contributed by atoms with Crippen molar-refractivity contribution >= 4 is 23.1 Å². The Morgan fingerprint density at radius 2 is 2.19 bits per heavy atom. The van der Waals surface area contributed by atoms with E-state index in [0.29, 0.717) is 5.56 Å². The Bertz CT molecular complexity index is 713. The molecule has 0 aliphatic heterocycles. The number of carbonyl (C=O) groups is 1. The molecule has 0 bridgehead atoms. The fourth-order valence-electron chi connectivity index (χ4n) is 1.76. The lowest BCUT2D eigenvalue weighted by molar-refractivity contribution is -0.385. The molecule has 7 nitrogen and oxygen atoms in total. The van der Waals surface area contributed by atoms with Crippen LogP contribution in [0.4, 0.5) is 21.6 Å². The van der Waals surface area contributed by atoms with Crippen LogP contribution in [0.1, 0.15) is 15.9 Å². The molecule has 0 fully saturated rings. The predicted molar refractivity (Wildman–Crippen MR) is 74.4 cm³/mol. The van der Waals surface area contributed by atoms with Gasteiger partial charge in [-0.1, -0.05) is 12.1 Å². The van der Waals surface area contributed by atoms with Gasteiger partial charge in [-0.15, -0.1) is 0 Å². The SMILES string of the molecule is Cc1cccc(F)c1NC(=O)c1cc(N)ncc1[N+](=O)[O-]. The number of nitro groups is 1. The number of nitrogens with two attached hydrogens (primary N) is 1. The highest BCUT2D eigenvalue weighted by atomic mass is 19.1. The lowest BCUT2D eigenvalue weighted by Gasteiger charge is -2.09. The number of benzene rings is 1. The van der Waals surface area contributed by atoms with Gasteiger partial charge in [-0.05, 0) is 24.6 Å². The molecule has 0 unspecified atom stereocenters. The number of rotatable bonds is 3. The summed E-state index contributed by atoms with van der Waals surface area (Å²) in [4.78, 5) is 25.8. The van der Waals surface area contributed by atoms with Crippen LogP contribution in [-0.4, -0.2) is 15.8 Å². The summed E-state index contributed by atoms with van der Waals surface area (Å²) in [5.41, 5.74) is 5.10. The molecule has 1 aromatic heterocycles. The number of halogens is 1. The standard InChI is InChI=1S/C13H11FN4O3/c1-7-3-2-4-9(14)12(7)17-13(19)8-5-11(15)16-6-10(8)18(20)21/h2-6H,1H3,(H2,15,16)(H,17,19). The molecule has 1 aromatic carbocycles. The van der Waals surface area contributed by atoms with Gasteiger partial charge in [0.25, 0.3) is 11.6 Å². The first-order chi connectivity index (χ1) is 9.90. The highest BCUT2D eigenvalue weighted by Gasteiger charge is 2.22. The van der Waals surface area contributed by atoms with Crippen molar-refractivity contribution in [3.05, 3.63) is 57.5 Å². The van der Waals surface area contributed by atoms with Gasteiger partial charge in [0, 0.05) is 0 Å². The van der Waals surface area contributed by atoms with E-state index in [0.717, 1.165) is 12.3 Å². The van der Waals surface area contributed by atoms with Crippen LogP contribution in [0.25, 0.3) is 0 Å². The number of hydrogen-bond donors (Lipinski definition) is 2. The van der Waals surface area contributed by atoms with Gasteiger partial charge in [0.15, 0.2) is 0 Å². The van der Waals surface area contributed by atoms with E-state index in [9.17, 15) is 19.3 Å². The number of aryl methyl sites for hydroxylation is 1. The summed E-state index contributed by atoms with van der Waals surface area (Å²) in [6, 6.07) is 5.35. The number of aromatic nitrogens is 1. The molecule has 0 spiro atoms. The Labute approximate surface area is 118 Å². The van der Waals surface area contributed by atoms with Crippen LogP contribution in [0.2, 0.25) is 0 Å². The largest absolute Gasteiger partial charge is 0.384 e. The maximum absolute atomic E-state index is 13.7. The smallest absolute Gasteiger partial charge is 0.300 e. The van der Waals surface area contributed by atoms with Crippen molar-refractivity contribution in [2.24, 2.45) is 0 Å². The Morgan fingerprint density at radius 1 is 1.48 bits per heavy atom. The molecule has 0 aliphatic rings. The van der Waals surface area contributed by atoms with Crippen LogP contribution in [0.5, 0.6) is 0 Å². The molecule has 2 rings (SSSR count). The van der Waals surface area contributed by atoms with Gasteiger partial charge in [-0.25, -0.2) is 9.37 Å². The summed E-state index contributed by atoms with van der Waals surface area (Å²) in [5, 5.41) is 13.2. The summed E-state index contributed by atoms with van der Waals surface area (Å²) in [6.07, 6.45) is 0.887. The zero-order valence-electron chi connectivity index (χ0n) is 11.0. The van der Waals surface area contributed by atoms with Gasteiger partial charge in [0.1, 0.15) is 23.4 Å². The summed E-state index contributed by atoms with van der Waals surface area (Å²) in [6.45, 7) is 1.61. The van der Waals surface area contributed by atoms with E-state index < -0.39 is 22.3 Å². The number of para-hydroxylation sites is 1. The average molecular weight is 290 g/mol. The molecule has 0 radical (unpaired) electrons. The van der Waals surface area contributed by atoms with Crippen molar-refractivity contribution in [3.63, 3.8) is 0 Å². The highest BCUT2D eigenvalue weighted by Crippen LogP contribution is 2.23. The average Bonchev–Trinajstić information content (AvgIpc) is 2.42. The molecule has 0 aliphatic carbocycles. The van der Waals surface area contributed by atoms with E-state index in [2.05, 4.69) is 10.3 Å². The van der Waals surface area contributed by atoms with E-state index >= 15 is 0 Å². The molecule has 2 aromatic rings. The molecule has 0 atom stereocenters. The zero-order valence-corrected chi connectivity index (χ0v) is 11.0. The third-order valence-corrected chi connectivity index (χ3v) is 2.81. The maximum Gasteiger partial charge on any atom is 0.300 e. The van der Waals surface area contributed by atoms with Gasteiger partial charge in [-0.3, -0.25) is 14.9 Å². The first kappa shape index (κ1) is 14.4. The predicted octanol–water partition coefficient (Wildman–Crippen LogP) is 2.27. The van der Waals surface area contributed by atoms with Crippen LogP contribution < -0.4 is 11.1 Å². The van der Waals surface area contributed by atoms with Gasteiger partial charge < -0.3 is 11.1 Å². The second kappa shape index (κ2) is 5.53. The number of hydrogen-bond acceptors (Lipinski definition) is 5. The summed E-state index contributed by atoms with van der Waals surface area (Å²) in [7, 11) is 0. The molecule has 8 heteroatoms. The second-order valence-corrected chi connectivity index (χ2v) is 4.27. The minimum Gasteiger partial charge on any atom is -0.384 e. The number of pyridine rings is 1. The van der Waals surface area contributed by atoms with E-state index in [4.69, 9.17) is 5.73 Å². The van der Waals surface area contributed by atoms with Crippen molar-refractivity contribution in [3.8, 4) is 0 Å². The topological polar surface area (TPSA) is 111 Å². The fraction of sp³-hybridized carbons (Fsp3) is 0.0769. The molecule has 3 N–H and O–H groups in total. The fourth-order valence-corrected chi connectivity index (χ4v) is 1.76. The molecule has 108 valence electrons. The van der Waals surface area contributed by atoms with Crippen LogP contribution in [0, 0.1) is 22.9 Å². The summed E-state index contributed by atoms with van der Waals surface area (Å²) < 4.78 is 13.7. The van der Waals surface area contributed by atoms with Gasteiger partial charge in [0.05, 0.1) is 10.6 Å². The first-order valence-electron chi connectivity index (χ1n) is 5.86. The summed E-state index contributed by atoms with van der Waals surface area (Å²) in [5.74, 6) is -1.51. The second-order valence-electron chi connectivity index (χ2n) is 4.27. The van der Waals surface area contributed by atoms with Crippen LogP contribution in [-0.2, 0) is 0 Å². The monoisotopic (exact) mass is 290 g/mol. The van der Waals surface area contributed by atoms with E-state index in [-0.39, 0.29) is 17.1 Å².